The fourth-order valence-corrected chi connectivity index (χ4v) is 1.28. The summed E-state index contributed by atoms with van der Waals surface area (Å²) in [6.45, 7) is 2.72. The van der Waals surface area contributed by atoms with E-state index in [0.29, 0.717) is 5.69 Å². The largest absolute Gasteiger partial charge is 0.510 e. The number of azo groups is 1. The van der Waals surface area contributed by atoms with Gasteiger partial charge in [0.1, 0.15) is 5.76 Å². The summed E-state index contributed by atoms with van der Waals surface area (Å²) in [5.41, 5.74) is 0.539. The number of thiol groups is 1. The maximum absolute atomic E-state index is 11.1. The van der Waals surface area contributed by atoms with Crippen molar-refractivity contribution in [3.05, 3.63) is 35.7 Å². The van der Waals surface area contributed by atoms with E-state index < -0.39 is 0 Å². The van der Waals surface area contributed by atoms with E-state index in [0.717, 1.165) is 4.90 Å². The topological polar surface area (TPSA) is 62.0 Å². The summed E-state index contributed by atoms with van der Waals surface area (Å²) in [6.07, 6.45) is 0. The first kappa shape index (κ1) is 12.4. The Morgan fingerprint density at radius 2 is 2.06 bits per heavy atom. The van der Waals surface area contributed by atoms with Crippen LogP contribution in [0.3, 0.4) is 0 Å². The van der Waals surface area contributed by atoms with Crippen molar-refractivity contribution in [3.63, 3.8) is 0 Å². The highest BCUT2D eigenvalue weighted by atomic mass is 32.1. The van der Waals surface area contributed by atoms with Gasteiger partial charge in [-0.1, -0.05) is 6.07 Å². The molecule has 0 saturated heterocycles. The van der Waals surface area contributed by atoms with E-state index >= 15 is 0 Å². The highest BCUT2D eigenvalue weighted by Gasteiger charge is 2.06. The zero-order valence-corrected chi connectivity index (χ0v) is 9.90. The summed E-state index contributed by atoms with van der Waals surface area (Å²) in [7, 11) is 0. The molecule has 0 amide bonds. The zero-order chi connectivity index (χ0) is 12.1. The van der Waals surface area contributed by atoms with E-state index in [1.807, 2.05) is 0 Å². The van der Waals surface area contributed by atoms with Crippen molar-refractivity contribution < 1.29 is 9.90 Å². The number of aliphatic hydroxyl groups is 1. The second kappa shape index (κ2) is 5.46. The highest BCUT2D eigenvalue weighted by molar-refractivity contribution is 7.80. The number of carbonyl (C=O) groups excluding carboxylic acids is 1. The fourth-order valence-electron chi connectivity index (χ4n) is 1.06. The number of carbonyl (C=O) groups is 1. The summed E-state index contributed by atoms with van der Waals surface area (Å²) < 4.78 is 0. The quantitative estimate of drug-likeness (QED) is 0.365. The van der Waals surface area contributed by atoms with E-state index in [1.165, 1.54) is 13.8 Å². The Balaban J connectivity index is 2.96. The number of ketones is 1. The summed E-state index contributed by atoms with van der Waals surface area (Å²) in [5.74, 6) is -0.468. The molecule has 0 spiro atoms. The first-order valence-corrected chi connectivity index (χ1v) is 5.07. The van der Waals surface area contributed by atoms with Gasteiger partial charge in [0.05, 0.1) is 5.69 Å². The Labute approximate surface area is 99.1 Å². The minimum atomic E-state index is -0.328. The second-order valence-electron chi connectivity index (χ2n) is 3.21. The van der Waals surface area contributed by atoms with Gasteiger partial charge in [0.25, 0.3) is 0 Å². The molecular weight excluding hydrogens is 224 g/mol. The van der Waals surface area contributed by atoms with Crippen molar-refractivity contribution in [1.29, 1.82) is 0 Å². The monoisotopic (exact) mass is 236 g/mol. The number of hydrogen-bond donors (Lipinski definition) is 2. The van der Waals surface area contributed by atoms with Crippen LogP contribution in [0, 0.1) is 0 Å². The number of hydrogen-bond acceptors (Lipinski definition) is 5. The Morgan fingerprint density at radius 1 is 1.38 bits per heavy atom. The van der Waals surface area contributed by atoms with Gasteiger partial charge in [0.15, 0.2) is 11.5 Å². The van der Waals surface area contributed by atoms with Crippen molar-refractivity contribution in [2.24, 2.45) is 10.2 Å². The Bertz CT molecular complexity index is 463. The van der Waals surface area contributed by atoms with Crippen LogP contribution in [-0.4, -0.2) is 10.9 Å². The average Bonchev–Trinajstić information content (AvgIpc) is 2.16. The molecule has 5 heteroatoms. The number of allylic oxidation sites excluding steroid dienone is 2. The molecule has 0 aliphatic carbocycles. The van der Waals surface area contributed by atoms with Crippen molar-refractivity contribution in [1.82, 2.24) is 0 Å². The van der Waals surface area contributed by atoms with Gasteiger partial charge in [0, 0.05) is 11.8 Å². The van der Waals surface area contributed by atoms with Crippen LogP contribution in [0.15, 0.2) is 50.8 Å². The molecule has 0 aliphatic heterocycles. The van der Waals surface area contributed by atoms with E-state index in [1.54, 1.807) is 24.3 Å². The molecular formula is C11H12N2O2S. The van der Waals surface area contributed by atoms with E-state index in [-0.39, 0.29) is 17.2 Å². The molecule has 0 radical (unpaired) electrons. The van der Waals surface area contributed by atoms with Crippen LogP contribution >= 0.6 is 12.6 Å². The molecule has 0 heterocycles. The standard InChI is InChI=1S/C11H12N2O2S/c1-7(14)11(8(2)15)13-12-9-4-3-5-10(16)6-9/h3-6,14,16H,1-2H3. The summed E-state index contributed by atoms with van der Waals surface area (Å²) in [6, 6.07) is 7.02. The van der Waals surface area contributed by atoms with Gasteiger partial charge in [-0.2, -0.15) is 5.11 Å². The lowest BCUT2D eigenvalue weighted by Gasteiger charge is -1.97. The number of benzene rings is 1. The highest BCUT2D eigenvalue weighted by Crippen LogP contribution is 2.18. The average molecular weight is 236 g/mol. The molecule has 0 aliphatic rings. The van der Waals surface area contributed by atoms with E-state index in [2.05, 4.69) is 22.9 Å². The lowest BCUT2D eigenvalue weighted by molar-refractivity contribution is -0.113. The number of nitrogens with zero attached hydrogens (tertiary/aromatic N) is 2. The molecule has 16 heavy (non-hydrogen) atoms. The van der Waals surface area contributed by atoms with Crippen molar-refractivity contribution in [3.8, 4) is 0 Å². The van der Waals surface area contributed by atoms with E-state index in [9.17, 15) is 9.90 Å². The normalized spacial score (nSPS) is 12.7. The lowest BCUT2D eigenvalue weighted by Crippen LogP contribution is -1.96. The molecule has 0 saturated carbocycles. The predicted octanol–water partition coefficient (Wildman–Crippen LogP) is 3.44. The van der Waals surface area contributed by atoms with Gasteiger partial charge in [0.2, 0.25) is 0 Å². The van der Waals surface area contributed by atoms with Gasteiger partial charge in [-0.25, -0.2) is 0 Å². The maximum Gasteiger partial charge on any atom is 0.183 e. The van der Waals surface area contributed by atoms with Crippen LogP contribution in [0.25, 0.3) is 0 Å². The van der Waals surface area contributed by atoms with Gasteiger partial charge in [-0.05, 0) is 25.1 Å². The third kappa shape index (κ3) is 3.51. The van der Waals surface area contributed by atoms with Gasteiger partial charge in [-0.3, -0.25) is 4.79 Å². The van der Waals surface area contributed by atoms with Crippen molar-refractivity contribution in [2.45, 2.75) is 18.7 Å². The second-order valence-corrected chi connectivity index (χ2v) is 3.73. The molecule has 0 aromatic heterocycles. The van der Waals surface area contributed by atoms with Gasteiger partial charge >= 0.3 is 0 Å². The van der Waals surface area contributed by atoms with Crippen LogP contribution in [0.4, 0.5) is 5.69 Å². The molecule has 0 bridgehead atoms. The Kier molecular flexibility index (Phi) is 4.25. The first-order valence-electron chi connectivity index (χ1n) is 4.62. The Hall–Kier alpha value is -1.62. The third-order valence-corrected chi connectivity index (χ3v) is 2.05. The minimum absolute atomic E-state index is 0.0374. The van der Waals surface area contributed by atoms with Gasteiger partial charge in [-0.15, -0.1) is 17.7 Å². The SMILES string of the molecule is CC(=O)C(N=Nc1cccc(S)c1)=C(C)O. The fraction of sp³-hybridized carbons (Fsp3) is 0.182. The Morgan fingerprint density at radius 3 is 2.56 bits per heavy atom. The van der Waals surface area contributed by atoms with Crippen molar-refractivity contribution in [2.75, 3.05) is 0 Å². The van der Waals surface area contributed by atoms with Crippen LogP contribution < -0.4 is 0 Å². The third-order valence-electron chi connectivity index (χ3n) is 1.77. The number of rotatable bonds is 3. The zero-order valence-electron chi connectivity index (χ0n) is 9.01. The van der Waals surface area contributed by atoms with Crippen molar-refractivity contribution >= 4 is 24.1 Å². The molecule has 1 aromatic carbocycles. The van der Waals surface area contributed by atoms with E-state index in [4.69, 9.17) is 0 Å². The predicted molar refractivity (Wildman–Crippen MR) is 64.2 cm³/mol. The molecule has 1 aromatic rings. The van der Waals surface area contributed by atoms with Crippen LogP contribution in [0.2, 0.25) is 0 Å². The first-order chi connectivity index (χ1) is 7.50. The lowest BCUT2D eigenvalue weighted by atomic mass is 10.3. The molecule has 0 unspecified atom stereocenters. The van der Waals surface area contributed by atoms with Gasteiger partial charge < -0.3 is 5.11 Å². The van der Waals surface area contributed by atoms with Crippen LogP contribution in [0.5, 0.6) is 0 Å². The summed E-state index contributed by atoms with van der Waals surface area (Å²) >= 11 is 4.15. The van der Waals surface area contributed by atoms with Crippen LogP contribution in [0.1, 0.15) is 13.8 Å². The molecule has 4 nitrogen and oxygen atoms in total. The summed E-state index contributed by atoms with van der Waals surface area (Å²) in [4.78, 5) is 11.8. The molecule has 84 valence electrons. The molecule has 0 atom stereocenters. The number of Topliss-reactive ketones (excluding diaryl/α,β-unsaturated/α-hetero) is 1. The summed E-state index contributed by atoms with van der Waals surface area (Å²) in [5, 5.41) is 16.8. The molecule has 0 fully saturated rings. The molecule has 1 N–H and O–H groups in total. The molecule has 1 rings (SSSR count). The smallest absolute Gasteiger partial charge is 0.183 e. The maximum atomic E-state index is 11.1. The number of aliphatic hydroxyl groups excluding tert-OH is 1. The minimum Gasteiger partial charge on any atom is -0.510 e. The van der Waals surface area contributed by atoms with Crippen LogP contribution in [-0.2, 0) is 4.79 Å².